The zero-order chi connectivity index (χ0) is 15.5. The van der Waals surface area contributed by atoms with E-state index in [1.165, 1.54) is 0 Å². The Labute approximate surface area is 127 Å². The second-order valence-electron chi connectivity index (χ2n) is 4.72. The smallest absolute Gasteiger partial charge is 0.251 e. The first kappa shape index (κ1) is 17.0. The molecule has 1 rings (SSSR count). The van der Waals surface area contributed by atoms with Crippen LogP contribution in [-0.4, -0.2) is 38.5 Å². The molecule has 0 heterocycles. The van der Waals surface area contributed by atoms with Crippen LogP contribution in [0.1, 0.15) is 36.2 Å². The van der Waals surface area contributed by atoms with Crippen LogP contribution in [0.4, 0.5) is 0 Å². The molecule has 0 aliphatic rings. The van der Waals surface area contributed by atoms with Gasteiger partial charge in [-0.1, -0.05) is 19.1 Å². The van der Waals surface area contributed by atoms with Crippen LogP contribution in [0.5, 0.6) is 0 Å². The maximum absolute atomic E-state index is 11.6. The molecule has 116 valence electrons. The topological polar surface area (TPSA) is 65.5 Å². The molecular weight excluding hydrogens is 264 g/mol. The summed E-state index contributed by atoms with van der Waals surface area (Å²) in [7, 11) is 1.64. The fourth-order valence-corrected chi connectivity index (χ4v) is 1.90. The summed E-state index contributed by atoms with van der Waals surface area (Å²) in [6.45, 7) is 6.61. The van der Waals surface area contributed by atoms with Gasteiger partial charge in [0.1, 0.15) is 0 Å². The van der Waals surface area contributed by atoms with Gasteiger partial charge in [0.05, 0.1) is 0 Å². The fraction of sp³-hybridized carbons (Fsp3) is 0.500. The lowest BCUT2D eigenvalue weighted by molar-refractivity contribution is 0.0963. The third-order valence-electron chi connectivity index (χ3n) is 2.96. The normalized spacial score (nSPS) is 11.1. The van der Waals surface area contributed by atoms with Gasteiger partial charge in [-0.2, -0.15) is 0 Å². The Bertz CT molecular complexity index is 471. The predicted octanol–water partition coefficient (Wildman–Crippen LogP) is 1.55. The number of guanidine groups is 1. The van der Waals surface area contributed by atoms with E-state index < -0.39 is 0 Å². The molecule has 0 aliphatic heterocycles. The van der Waals surface area contributed by atoms with E-state index in [0.29, 0.717) is 5.56 Å². The highest BCUT2D eigenvalue weighted by molar-refractivity contribution is 5.94. The number of rotatable bonds is 7. The van der Waals surface area contributed by atoms with Crippen LogP contribution >= 0.6 is 0 Å². The van der Waals surface area contributed by atoms with Gasteiger partial charge in [0.25, 0.3) is 5.91 Å². The number of hydrogen-bond acceptors (Lipinski definition) is 2. The number of carbonyl (C=O) groups is 1. The third-order valence-corrected chi connectivity index (χ3v) is 2.96. The summed E-state index contributed by atoms with van der Waals surface area (Å²) >= 11 is 0. The van der Waals surface area contributed by atoms with Gasteiger partial charge in [-0.25, -0.2) is 0 Å². The van der Waals surface area contributed by atoms with E-state index in [1.54, 1.807) is 7.05 Å². The standard InChI is InChI=1S/C16H26N4O/c1-4-10-19-16(18-5-2)20-11-9-13-7-6-8-14(12-13)15(21)17-3/h6-8,12H,4-5,9-11H2,1-3H3,(H,17,21)(H2,18,19,20). The van der Waals surface area contributed by atoms with E-state index in [1.807, 2.05) is 24.3 Å². The van der Waals surface area contributed by atoms with Crippen molar-refractivity contribution in [1.29, 1.82) is 0 Å². The molecule has 0 spiro atoms. The molecule has 3 N–H and O–H groups in total. The van der Waals surface area contributed by atoms with Gasteiger partial charge in [0, 0.05) is 32.2 Å². The molecule has 1 amide bonds. The number of amides is 1. The molecular formula is C16H26N4O. The highest BCUT2D eigenvalue weighted by atomic mass is 16.1. The van der Waals surface area contributed by atoms with Crippen molar-refractivity contribution in [3.05, 3.63) is 35.4 Å². The number of nitrogens with one attached hydrogen (secondary N) is 3. The Balaban J connectivity index is 2.52. The SMILES string of the molecule is CCCN=C(NCC)NCCc1cccc(C(=O)NC)c1. The van der Waals surface area contributed by atoms with Gasteiger partial charge in [0.2, 0.25) is 0 Å². The minimum atomic E-state index is -0.0531. The van der Waals surface area contributed by atoms with Gasteiger partial charge in [0.15, 0.2) is 5.96 Å². The Hall–Kier alpha value is -2.04. The number of hydrogen-bond donors (Lipinski definition) is 3. The Morgan fingerprint density at radius 1 is 1.24 bits per heavy atom. The highest BCUT2D eigenvalue weighted by Gasteiger charge is 2.03. The highest BCUT2D eigenvalue weighted by Crippen LogP contribution is 2.05. The first-order chi connectivity index (χ1) is 10.2. The van der Waals surface area contributed by atoms with Crippen LogP contribution in [-0.2, 0) is 6.42 Å². The molecule has 1 aromatic carbocycles. The molecule has 0 saturated heterocycles. The van der Waals surface area contributed by atoms with Crippen LogP contribution in [0.2, 0.25) is 0 Å². The zero-order valence-corrected chi connectivity index (χ0v) is 13.2. The average molecular weight is 290 g/mol. The number of carbonyl (C=O) groups excluding carboxylic acids is 1. The molecule has 0 atom stereocenters. The summed E-state index contributed by atoms with van der Waals surface area (Å²) in [6.07, 6.45) is 1.88. The van der Waals surface area contributed by atoms with Crippen molar-refractivity contribution in [3.63, 3.8) is 0 Å². The van der Waals surface area contributed by atoms with E-state index in [4.69, 9.17) is 0 Å². The summed E-state index contributed by atoms with van der Waals surface area (Å²) in [6, 6.07) is 7.69. The lowest BCUT2D eigenvalue weighted by atomic mass is 10.1. The molecule has 5 heteroatoms. The first-order valence-corrected chi connectivity index (χ1v) is 7.54. The predicted molar refractivity (Wildman–Crippen MR) is 87.8 cm³/mol. The summed E-state index contributed by atoms with van der Waals surface area (Å²) in [4.78, 5) is 16.0. The van der Waals surface area contributed by atoms with E-state index in [9.17, 15) is 4.79 Å². The Morgan fingerprint density at radius 3 is 2.71 bits per heavy atom. The van der Waals surface area contributed by atoms with Gasteiger partial charge in [-0.3, -0.25) is 9.79 Å². The number of aliphatic imine (C=N–C) groups is 1. The second-order valence-corrected chi connectivity index (χ2v) is 4.72. The number of benzene rings is 1. The molecule has 0 bridgehead atoms. The van der Waals surface area contributed by atoms with Crippen molar-refractivity contribution >= 4 is 11.9 Å². The van der Waals surface area contributed by atoms with E-state index in [2.05, 4.69) is 34.8 Å². The van der Waals surface area contributed by atoms with Gasteiger partial charge >= 0.3 is 0 Å². The Morgan fingerprint density at radius 2 is 2.05 bits per heavy atom. The van der Waals surface area contributed by atoms with Crippen LogP contribution in [0, 0.1) is 0 Å². The quantitative estimate of drug-likeness (QED) is 0.527. The third kappa shape index (κ3) is 6.29. The maximum Gasteiger partial charge on any atom is 0.251 e. The minimum Gasteiger partial charge on any atom is -0.357 e. The van der Waals surface area contributed by atoms with Crippen molar-refractivity contribution in [2.24, 2.45) is 4.99 Å². The fourth-order valence-electron chi connectivity index (χ4n) is 1.90. The molecule has 0 saturated carbocycles. The molecule has 0 radical (unpaired) electrons. The summed E-state index contributed by atoms with van der Waals surface area (Å²) in [5.41, 5.74) is 1.83. The maximum atomic E-state index is 11.6. The monoisotopic (exact) mass is 290 g/mol. The van der Waals surface area contributed by atoms with Crippen molar-refractivity contribution < 1.29 is 4.79 Å². The molecule has 0 unspecified atom stereocenters. The largest absolute Gasteiger partial charge is 0.357 e. The van der Waals surface area contributed by atoms with Gasteiger partial charge in [-0.05, 0) is 37.5 Å². The first-order valence-electron chi connectivity index (χ1n) is 7.54. The second kappa shape index (κ2) is 9.80. The lowest BCUT2D eigenvalue weighted by Crippen LogP contribution is -2.38. The molecule has 1 aromatic rings. The van der Waals surface area contributed by atoms with E-state index in [0.717, 1.165) is 44.0 Å². The minimum absolute atomic E-state index is 0.0531. The average Bonchev–Trinajstić information content (AvgIpc) is 2.52. The Kier molecular flexibility index (Phi) is 7.94. The molecule has 0 aliphatic carbocycles. The van der Waals surface area contributed by atoms with Crippen LogP contribution in [0.15, 0.2) is 29.3 Å². The molecule has 21 heavy (non-hydrogen) atoms. The van der Waals surface area contributed by atoms with Gasteiger partial charge < -0.3 is 16.0 Å². The lowest BCUT2D eigenvalue weighted by Gasteiger charge is -2.11. The molecule has 5 nitrogen and oxygen atoms in total. The summed E-state index contributed by atoms with van der Waals surface area (Å²) < 4.78 is 0. The van der Waals surface area contributed by atoms with Crippen molar-refractivity contribution in [2.45, 2.75) is 26.7 Å². The van der Waals surface area contributed by atoms with Crippen LogP contribution in [0.3, 0.4) is 0 Å². The zero-order valence-electron chi connectivity index (χ0n) is 13.2. The number of nitrogens with zero attached hydrogens (tertiary/aromatic N) is 1. The summed E-state index contributed by atoms with van der Waals surface area (Å²) in [5.74, 6) is 0.796. The van der Waals surface area contributed by atoms with E-state index >= 15 is 0 Å². The van der Waals surface area contributed by atoms with Crippen molar-refractivity contribution in [1.82, 2.24) is 16.0 Å². The molecule has 0 fully saturated rings. The van der Waals surface area contributed by atoms with Crippen molar-refractivity contribution in [3.8, 4) is 0 Å². The van der Waals surface area contributed by atoms with Crippen LogP contribution in [0.25, 0.3) is 0 Å². The van der Waals surface area contributed by atoms with Crippen LogP contribution < -0.4 is 16.0 Å². The summed E-state index contributed by atoms with van der Waals surface area (Å²) in [5, 5.41) is 9.16. The van der Waals surface area contributed by atoms with E-state index in [-0.39, 0.29) is 5.91 Å². The molecule has 0 aromatic heterocycles. The van der Waals surface area contributed by atoms with Crippen molar-refractivity contribution in [2.75, 3.05) is 26.7 Å². The van der Waals surface area contributed by atoms with Gasteiger partial charge in [-0.15, -0.1) is 0 Å².